The van der Waals surface area contributed by atoms with Crippen LogP contribution in [0.1, 0.15) is 33.1 Å². The first-order valence-electron chi connectivity index (χ1n) is 7.50. The number of rotatable bonds is 9. The van der Waals surface area contributed by atoms with Crippen LogP contribution in [-0.4, -0.2) is 25.7 Å². The number of hydrogen-bond donors (Lipinski definition) is 2. The third-order valence-electron chi connectivity index (χ3n) is 2.94. The molecule has 4 nitrogen and oxygen atoms in total. The topological polar surface area (TPSA) is 59.6 Å². The predicted octanol–water partition coefficient (Wildman–Crippen LogP) is 2.94. The summed E-state index contributed by atoms with van der Waals surface area (Å²) in [5.74, 6) is 1.61. The SMILES string of the molecule is CC(C)CCNC(N)=NCCCCOc1ccc(F)cc1. The van der Waals surface area contributed by atoms with Crippen molar-refractivity contribution in [2.75, 3.05) is 19.7 Å². The van der Waals surface area contributed by atoms with Crippen molar-refractivity contribution in [1.29, 1.82) is 0 Å². The maximum atomic E-state index is 12.7. The molecule has 1 aromatic carbocycles. The van der Waals surface area contributed by atoms with E-state index in [0.717, 1.165) is 25.8 Å². The van der Waals surface area contributed by atoms with Gasteiger partial charge in [-0.05, 0) is 49.4 Å². The molecule has 0 saturated heterocycles. The van der Waals surface area contributed by atoms with Gasteiger partial charge in [0.05, 0.1) is 6.61 Å². The highest BCUT2D eigenvalue weighted by atomic mass is 19.1. The Morgan fingerprint density at radius 2 is 2.00 bits per heavy atom. The Morgan fingerprint density at radius 3 is 2.67 bits per heavy atom. The molecule has 0 radical (unpaired) electrons. The first-order valence-corrected chi connectivity index (χ1v) is 7.50. The van der Waals surface area contributed by atoms with Gasteiger partial charge in [-0.2, -0.15) is 0 Å². The van der Waals surface area contributed by atoms with E-state index in [9.17, 15) is 4.39 Å². The van der Waals surface area contributed by atoms with E-state index in [1.54, 1.807) is 12.1 Å². The fourth-order valence-electron chi connectivity index (χ4n) is 1.68. The van der Waals surface area contributed by atoms with Crippen LogP contribution < -0.4 is 15.8 Å². The zero-order chi connectivity index (χ0) is 15.5. The summed E-state index contributed by atoms with van der Waals surface area (Å²) in [7, 11) is 0. The lowest BCUT2D eigenvalue weighted by Gasteiger charge is -2.07. The zero-order valence-corrected chi connectivity index (χ0v) is 12.9. The van der Waals surface area contributed by atoms with Crippen LogP contribution in [-0.2, 0) is 0 Å². The standard InChI is InChI=1S/C16H26FN3O/c1-13(2)9-11-20-16(18)19-10-3-4-12-21-15-7-5-14(17)6-8-15/h5-8,13H,3-4,9-12H2,1-2H3,(H3,18,19,20). The van der Waals surface area contributed by atoms with Gasteiger partial charge in [0.2, 0.25) is 0 Å². The van der Waals surface area contributed by atoms with Crippen molar-refractivity contribution in [3.63, 3.8) is 0 Å². The van der Waals surface area contributed by atoms with Crippen molar-refractivity contribution in [3.8, 4) is 5.75 Å². The minimum absolute atomic E-state index is 0.253. The third kappa shape index (κ3) is 8.89. The minimum atomic E-state index is -0.253. The fourth-order valence-corrected chi connectivity index (χ4v) is 1.68. The number of nitrogens with one attached hydrogen (secondary N) is 1. The molecule has 0 spiro atoms. The normalized spacial score (nSPS) is 11.7. The van der Waals surface area contributed by atoms with Gasteiger partial charge in [-0.15, -0.1) is 0 Å². The molecule has 1 aromatic rings. The van der Waals surface area contributed by atoms with Gasteiger partial charge in [0.1, 0.15) is 11.6 Å². The van der Waals surface area contributed by atoms with E-state index >= 15 is 0 Å². The average molecular weight is 295 g/mol. The van der Waals surface area contributed by atoms with Crippen LogP contribution in [0.15, 0.2) is 29.3 Å². The summed E-state index contributed by atoms with van der Waals surface area (Å²) >= 11 is 0. The smallest absolute Gasteiger partial charge is 0.188 e. The molecule has 118 valence electrons. The highest BCUT2D eigenvalue weighted by molar-refractivity contribution is 5.77. The molecular weight excluding hydrogens is 269 g/mol. The molecule has 0 aliphatic heterocycles. The average Bonchev–Trinajstić information content (AvgIpc) is 2.44. The summed E-state index contributed by atoms with van der Waals surface area (Å²) in [4.78, 5) is 4.26. The van der Waals surface area contributed by atoms with Crippen LogP contribution in [0, 0.1) is 11.7 Å². The predicted molar refractivity (Wildman–Crippen MR) is 85.1 cm³/mol. The molecule has 0 saturated carbocycles. The van der Waals surface area contributed by atoms with E-state index in [4.69, 9.17) is 10.5 Å². The molecule has 21 heavy (non-hydrogen) atoms. The molecule has 0 aliphatic carbocycles. The number of unbranched alkanes of at least 4 members (excludes halogenated alkanes) is 1. The second kappa shape index (κ2) is 10.0. The molecule has 0 heterocycles. The van der Waals surface area contributed by atoms with Gasteiger partial charge in [0, 0.05) is 13.1 Å². The van der Waals surface area contributed by atoms with Crippen molar-refractivity contribution in [1.82, 2.24) is 5.32 Å². The summed E-state index contributed by atoms with van der Waals surface area (Å²) in [5, 5.41) is 3.10. The number of benzene rings is 1. The van der Waals surface area contributed by atoms with E-state index in [-0.39, 0.29) is 5.82 Å². The van der Waals surface area contributed by atoms with Crippen molar-refractivity contribution in [2.45, 2.75) is 33.1 Å². The van der Waals surface area contributed by atoms with E-state index in [0.29, 0.717) is 30.8 Å². The van der Waals surface area contributed by atoms with E-state index in [2.05, 4.69) is 24.2 Å². The van der Waals surface area contributed by atoms with Gasteiger partial charge in [0.15, 0.2) is 5.96 Å². The number of halogens is 1. The van der Waals surface area contributed by atoms with Crippen molar-refractivity contribution >= 4 is 5.96 Å². The van der Waals surface area contributed by atoms with Crippen molar-refractivity contribution in [2.24, 2.45) is 16.6 Å². The molecule has 0 aromatic heterocycles. The lowest BCUT2D eigenvalue weighted by atomic mass is 10.1. The highest BCUT2D eigenvalue weighted by Gasteiger charge is 1.96. The third-order valence-corrected chi connectivity index (χ3v) is 2.94. The number of aliphatic imine (C=N–C) groups is 1. The second-order valence-electron chi connectivity index (χ2n) is 5.39. The summed E-state index contributed by atoms with van der Waals surface area (Å²) in [5.41, 5.74) is 5.75. The molecule has 0 unspecified atom stereocenters. The summed E-state index contributed by atoms with van der Waals surface area (Å²) in [6.07, 6.45) is 2.88. The second-order valence-corrected chi connectivity index (χ2v) is 5.39. The number of ether oxygens (including phenoxy) is 1. The Morgan fingerprint density at radius 1 is 1.29 bits per heavy atom. The zero-order valence-electron chi connectivity index (χ0n) is 12.9. The Balaban J connectivity index is 2.04. The number of nitrogens with two attached hydrogens (primary N) is 1. The van der Waals surface area contributed by atoms with E-state index < -0.39 is 0 Å². The lowest BCUT2D eigenvalue weighted by molar-refractivity contribution is 0.307. The van der Waals surface area contributed by atoms with E-state index in [1.807, 2.05) is 0 Å². The van der Waals surface area contributed by atoms with Crippen LogP contribution >= 0.6 is 0 Å². The van der Waals surface area contributed by atoms with Crippen LogP contribution in [0.4, 0.5) is 4.39 Å². The molecule has 0 fully saturated rings. The van der Waals surface area contributed by atoms with Gasteiger partial charge in [-0.25, -0.2) is 4.39 Å². The number of hydrogen-bond acceptors (Lipinski definition) is 2. The molecule has 1 rings (SSSR count). The molecule has 0 atom stereocenters. The van der Waals surface area contributed by atoms with Crippen LogP contribution in [0.2, 0.25) is 0 Å². The maximum Gasteiger partial charge on any atom is 0.188 e. The molecule has 5 heteroatoms. The molecule has 0 amide bonds. The monoisotopic (exact) mass is 295 g/mol. The highest BCUT2D eigenvalue weighted by Crippen LogP contribution is 2.11. The van der Waals surface area contributed by atoms with Crippen LogP contribution in [0.5, 0.6) is 5.75 Å². The molecule has 3 N–H and O–H groups in total. The molecular formula is C16H26FN3O. The number of guanidine groups is 1. The fraction of sp³-hybridized carbons (Fsp3) is 0.562. The quantitative estimate of drug-likeness (QED) is 0.418. The van der Waals surface area contributed by atoms with Crippen molar-refractivity contribution < 1.29 is 9.13 Å². The minimum Gasteiger partial charge on any atom is -0.494 e. The van der Waals surface area contributed by atoms with Gasteiger partial charge in [-0.1, -0.05) is 13.8 Å². The first-order chi connectivity index (χ1) is 10.1. The lowest BCUT2D eigenvalue weighted by Crippen LogP contribution is -2.33. The largest absolute Gasteiger partial charge is 0.494 e. The van der Waals surface area contributed by atoms with Gasteiger partial charge in [-0.3, -0.25) is 4.99 Å². The first kappa shape index (κ1) is 17.3. The molecule has 0 aliphatic rings. The van der Waals surface area contributed by atoms with Crippen LogP contribution in [0.25, 0.3) is 0 Å². The van der Waals surface area contributed by atoms with Gasteiger partial charge < -0.3 is 15.8 Å². The number of nitrogens with zero attached hydrogens (tertiary/aromatic N) is 1. The van der Waals surface area contributed by atoms with Gasteiger partial charge in [0.25, 0.3) is 0 Å². The summed E-state index contributed by atoms with van der Waals surface area (Å²) in [6.45, 7) is 6.50. The summed E-state index contributed by atoms with van der Waals surface area (Å²) in [6, 6.07) is 6.04. The van der Waals surface area contributed by atoms with E-state index in [1.165, 1.54) is 12.1 Å². The van der Waals surface area contributed by atoms with Crippen molar-refractivity contribution in [3.05, 3.63) is 30.1 Å². The summed E-state index contributed by atoms with van der Waals surface area (Å²) < 4.78 is 18.2. The van der Waals surface area contributed by atoms with Gasteiger partial charge >= 0.3 is 0 Å². The maximum absolute atomic E-state index is 12.7. The van der Waals surface area contributed by atoms with Crippen LogP contribution in [0.3, 0.4) is 0 Å². The Labute approximate surface area is 126 Å². The Kier molecular flexibility index (Phi) is 8.24. The molecule has 0 bridgehead atoms. The Bertz CT molecular complexity index is 418. The Hall–Kier alpha value is -1.78.